The number of nitrogens with zero attached hydrogens (tertiary/aromatic N) is 1. The molecule has 0 bridgehead atoms. The monoisotopic (exact) mass is 201 g/mol. The second kappa shape index (κ2) is 6.79. The molecule has 3 N–H and O–H groups in total. The maximum absolute atomic E-state index is 11.1. The van der Waals surface area contributed by atoms with E-state index >= 15 is 0 Å². The van der Waals surface area contributed by atoms with Crippen molar-refractivity contribution in [2.75, 3.05) is 7.05 Å². The molecule has 4 nitrogen and oxygen atoms in total. The van der Waals surface area contributed by atoms with Crippen LogP contribution in [0.5, 0.6) is 0 Å². The molecule has 0 aliphatic carbocycles. The normalized spacial score (nSPS) is 13.4. The van der Waals surface area contributed by atoms with Crippen LogP contribution in [0.25, 0.3) is 0 Å². The Labute approximate surface area is 86.8 Å². The Balaban J connectivity index is 4.08. The van der Waals surface area contributed by atoms with Crippen molar-refractivity contribution in [2.45, 2.75) is 52.1 Å². The van der Waals surface area contributed by atoms with E-state index in [0.29, 0.717) is 12.5 Å². The molecule has 0 radical (unpaired) electrons. The minimum absolute atomic E-state index is 0.102. The van der Waals surface area contributed by atoms with Crippen molar-refractivity contribution in [1.82, 2.24) is 10.3 Å². The molecular weight excluding hydrogens is 178 g/mol. The van der Waals surface area contributed by atoms with Crippen LogP contribution >= 0.6 is 0 Å². The van der Waals surface area contributed by atoms with E-state index in [9.17, 15) is 4.79 Å². The molecule has 0 aromatic heterocycles. The van der Waals surface area contributed by atoms with Gasteiger partial charge in [-0.1, -0.05) is 13.8 Å². The minimum atomic E-state index is -0.102. The van der Waals surface area contributed by atoms with E-state index in [1.165, 1.54) is 0 Å². The molecule has 0 aromatic rings. The molecule has 0 spiro atoms. The zero-order valence-electron chi connectivity index (χ0n) is 9.71. The van der Waals surface area contributed by atoms with Crippen molar-refractivity contribution in [3.05, 3.63) is 0 Å². The summed E-state index contributed by atoms with van der Waals surface area (Å²) in [5, 5.41) is 0. The summed E-state index contributed by atoms with van der Waals surface area (Å²) in [4.78, 5) is 13.3. The average Bonchev–Trinajstić information content (AvgIpc) is 2.19. The Kier molecular flexibility index (Phi) is 6.49. The Hall–Kier alpha value is -0.610. The number of hydrazine groups is 1. The standard InChI is InChI=1S/C10H23N3O/c1-5-9(6-2)13(4)8(3)7-10(14)12-11/h8-9H,5-7,11H2,1-4H3,(H,12,14). The third kappa shape index (κ3) is 4.07. The zero-order valence-corrected chi connectivity index (χ0v) is 9.71. The summed E-state index contributed by atoms with van der Waals surface area (Å²) in [7, 11) is 2.06. The van der Waals surface area contributed by atoms with Crippen molar-refractivity contribution in [2.24, 2.45) is 5.84 Å². The van der Waals surface area contributed by atoms with Crippen molar-refractivity contribution in [1.29, 1.82) is 0 Å². The Morgan fingerprint density at radius 2 is 1.93 bits per heavy atom. The SMILES string of the molecule is CCC(CC)N(C)C(C)CC(=O)NN. The highest BCUT2D eigenvalue weighted by atomic mass is 16.2. The maximum Gasteiger partial charge on any atom is 0.235 e. The van der Waals surface area contributed by atoms with E-state index in [1.54, 1.807) is 0 Å². The fourth-order valence-corrected chi connectivity index (χ4v) is 1.70. The molecule has 1 amide bonds. The smallest absolute Gasteiger partial charge is 0.235 e. The summed E-state index contributed by atoms with van der Waals surface area (Å²) < 4.78 is 0. The molecule has 0 heterocycles. The third-order valence-electron chi connectivity index (χ3n) is 2.86. The number of rotatable bonds is 6. The second-order valence-corrected chi connectivity index (χ2v) is 3.76. The molecule has 1 atom stereocenters. The number of nitrogens with one attached hydrogen (secondary N) is 1. The van der Waals surface area contributed by atoms with Gasteiger partial charge in [-0.15, -0.1) is 0 Å². The van der Waals surface area contributed by atoms with Gasteiger partial charge in [-0.05, 0) is 26.8 Å². The molecule has 0 saturated heterocycles. The van der Waals surface area contributed by atoms with Gasteiger partial charge in [-0.3, -0.25) is 10.2 Å². The molecule has 4 heteroatoms. The van der Waals surface area contributed by atoms with Crippen LogP contribution < -0.4 is 11.3 Å². The molecule has 14 heavy (non-hydrogen) atoms. The van der Waals surface area contributed by atoms with Gasteiger partial charge in [-0.25, -0.2) is 5.84 Å². The van der Waals surface area contributed by atoms with Gasteiger partial charge < -0.3 is 4.90 Å². The lowest BCUT2D eigenvalue weighted by molar-refractivity contribution is -0.122. The molecule has 0 aromatic carbocycles. The molecule has 0 aliphatic rings. The lowest BCUT2D eigenvalue weighted by atomic mass is 10.1. The summed E-state index contributed by atoms with van der Waals surface area (Å²) in [6.07, 6.45) is 2.69. The van der Waals surface area contributed by atoms with Crippen LogP contribution in [-0.2, 0) is 4.79 Å². The molecule has 1 unspecified atom stereocenters. The van der Waals surface area contributed by atoms with E-state index in [4.69, 9.17) is 5.84 Å². The first-order chi connectivity index (χ1) is 6.56. The van der Waals surface area contributed by atoms with Gasteiger partial charge >= 0.3 is 0 Å². The summed E-state index contributed by atoms with van der Waals surface area (Å²) >= 11 is 0. The summed E-state index contributed by atoms with van der Waals surface area (Å²) in [5.74, 6) is 4.94. The molecule has 0 rings (SSSR count). The Bertz CT molecular complexity index is 169. The van der Waals surface area contributed by atoms with Crippen LogP contribution in [0, 0.1) is 0 Å². The van der Waals surface area contributed by atoms with Crippen LogP contribution in [0.1, 0.15) is 40.0 Å². The van der Waals surface area contributed by atoms with Crippen molar-refractivity contribution < 1.29 is 4.79 Å². The first-order valence-electron chi connectivity index (χ1n) is 5.28. The summed E-state index contributed by atoms with van der Waals surface area (Å²) in [6.45, 7) is 6.38. The molecule has 0 aliphatic heterocycles. The quantitative estimate of drug-likeness (QED) is 0.381. The van der Waals surface area contributed by atoms with Crippen molar-refractivity contribution >= 4 is 5.91 Å². The van der Waals surface area contributed by atoms with Crippen molar-refractivity contribution in [3.8, 4) is 0 Å². The van der Waals surface area contributed by atoms with Gasteiger partial charge in [-0.2, -0.15) is 0 Å². The average molecular weight is 201 g/mol. The highest BCUT2D eigenvalue weighted by molar-refractivity contribution is 5.75. The fourth-order valence-electron chi connectivity index (χ4n) is 1.70. The number of carbonyl (C=O) groups is 1. The van der Waals surface area contributed by atoms with E-state index in [2.05, 4.69) is 31.2 Å². The van der Waals surface area contributed by atoms with Crippen LogP contribution in [-0.4, -0.2) is 29.9 Å². The first-order valence-corrected chi connectivity index (χ1v) is 5.28. The van der Waals surface area contributed by atoms with E-state index in [1.807, 2.05) is 6.92 Å². The lowest BCUT2D eigenvalue weighted by Gasteiger charge is -2.31. The van der Waals surface area contributed by atoms with Gasteiger partial charge in [0.25, 0.3) is 0 Å². The Morgan fingerprint density at radius 1 is 1.43 bits per heavy atom. The van der Waals surface area contributed by atoms with E-state index in [-0.39, 0.29) is 11.9 Å². The van der Waals surface area contributed by atoms with Gasteiger partial charge in [0.1, 0.15) is 0 Å². The lowest BCUT2D eigenvalue weighted by Crippen LogP contribution is -2.42. The topological polar surface area (TPSA) is 58.4 Å². The molecule has 0 fully saturated rings. The number of hydrogen-bond acceptors (Lipinski definition) is 3. The van der Waals surface area contributed by atoms with Gasteiger partial charge in [0.05, 0.1) is 0 Å². The molecular formula is C10H23N3O. The predicted molar refractivity (Wildman–Crippen MR) is 58.5 cm³/mol. The largest absolute Gasteiger partial charge is 0.300 e. The minimum Gasteiger partial charge on any atom is -0.300 e. The molecule has 0 saturated carbocycles. The molecule has 84 valence electrons. The van der Waals surface area contributed by atoms with Gasteiger partial charge in [0.15, 0.2) is 0 Å². The van der Waals surface area contributed by atoms with Crippen LogP contribution in [0.2, 0.25) is 0 Å². The van der Waals surface area contributed by atoms with E-state index in [0.717, 1.165) is 12.8 Å². The second-order valence-electron chi connectivity index (χ2n) is 3.76. The highest BCUT2D eigenvalue weighted by Gasteiger charge is 2.18. The van der Waals surface area contributed by atoms with Crippen LogP contribution in [0.4, 0.5) is 0 Å². The maximum atomic E-state index is 11.1. The number of carbonyl (C=O) groups excluding carboxylic acids is 1. The summed E-state index contributed by atoms with van der Waals surface area (Å²) in [5.41, 5.74) is 2.16. The number of hydrogen-bond donors (Lipinski definition) is 2. The zero-order chi connectivity index (χ0) is 11.1. The van der Waals surface area contributed by atoms with Crippen LogP contribution in [0.3, 0.4) is 0 Å². The van der Waals surface area contributed by atoms with E-state index < -0.39 is 0 Å². The predicted octanol–water partition coefficient (Wildman–Crippen LogP) is 0.875. The van der Waals surface area contributed by atoms with Gasteiger partial charge in [0, 0.05) is 18.5 Å². The third-order valence-corrected chi connectivity index (χ3v) is 2.86. The number of amides is 1. The highest BCUT2D eigenvalue weighted by Crippen LogP contribution is 2.11. The summed E-state index contributed by atoms with van der Waals surface area (Å²) in [6, 6.07) is 0.791. The Morgan fingerprint density at radius 3 is 2.29 bits per heavy atom. The first kappa shape index (κ1) is 13.4. The van der Waals surface area contributed by atoms with Crippen LogP contribution in [0.15, 0.2) is 0 Å². The van der Waals surface area contributed by atoms with Crippen molar-refractivity contribution in [3.63, 3.8) is 0 Å². The fraction of sp³-hybridized carbons (Fsp3) is 0.900. The number of nitrogens with two attached hydrogens (primary N) is 1. The van der Waals surface area contributed by atoms with Gasteiger partial charge in [0.2, 0.25) is 5.91 Å².